The Balaban J connectivity index is 1.82. The van der Waals surface area contributed by atoms with Crippen molar-refractivity contribution < 1.29 is 0 Å². The average Bonchev–Trinajstić information content (AvgIpc) is 3.18. The van der Waals surface area contributed by atoms with Gasteiger partial charge in [0.1, 0.15) is 12.0 Å². The standard InChI is InChI=1S/C21H20N6/c1-4-6-19(17-8-5-7-16(11-17)12-22)27(3)26-13-15(2)20-18-9-10-23-21(18)25-14-24-20/h1,5,7-11,13-15,19H,6H2,2-3H3,(H,23,24,25)/b26-13-. The largest absolute Gasteiger partial charge is 0.346 e. The van der Waals surface area contributed by atoms with Crippen LogP contribution in [0.2, 0.25) is 0 Å². The number of hydrogen-bond acceptors (Lipinski definition) is 5. The molecular formula is C21H20N6. The van der Waals surface area contributed by atoms with Crippen LogP contribution in [-0.2, 0) is 0 Å². The minimum atomic E-state index is -0.107. The normalized spacial score (nSPS) is 13.2. The van der Waals surface area contributed by atoms with Gasteiger partial charge in [0.25, 0.3) is 0 Å². The fraction of sp³-hybridized carbons (Fsp3) is 0.238. The Morgan fingerprint density at radius 2 is 2.22 bits per heavy atom. The number of aromatic amines is 1. The first-order valence-corrected chi connectivity index (χ1v) is 8.62. The molecule has 3 rings (SSSR count). The van der Waals surface area contributed by atoms with Crippen molar-refractivity contribution in [3.63, 3.8) is 0 Å². The molecular weight excluding hydrogens is 336 g/mol. The van der Waals surface area contributed by atoms with E-state index in [4.69, 9.17) is 11.7 Å². The Morgan fingerprint density at radius 3 is 3.00 bits per heavy atom. The summed E-state index contributed by atoms with van der Waals surface area (Å²) in [5.74, 6) is 2.71. The zero-order valence-electron chi connectivity index (χ0n) is 15.3. The zero-order chi connectivity index (χ0) is 19.2. The van der Waals surface area contributed by atoms with Crippen LogP contribution in [0.5, 0.6) is 0 Å². The Hall–Kier alpha value is -3.64. The Bertz CT molecular complexity index is 1040. The summed E-state index contributed by atoms with van der Waals surface area (Å²) < 4.78 is 0. The van der Waals surface area contributed by atoms with Crippen molar-refractivity contribution >= 4 is 17.2 Å². The first-order valence-electron chi connectivity index (χ1n) is 8.62. The van der Waals surface area contributed by atoms with Crippen LogP contribution in [0.4, 0.5) is 0 Å². The molecule has 0 fully saturated rings. The average molecular weight is 356 g/mol. The molecule has 0 aliphatic carbocycles. The third-order valence-electron chi connectivity index (χ3n) is 4.45. The summed E-state index contributed by atoms with van der Waals surface area (Å²) in [4.78, 5) is 11.7. The van der Waals surface area contributed by atoms with Crippen molar-refractivity contribution in [2.75, 3.05) is 7.05 Å². The quantitative estimate of drug-likeness (QED) is 0.415. The minimum Gasteiger partial charge on any atom is -0.346 e. The number of benzene rings is 1. The predicted molar refractivity (Wildman–Crippen MR) is 106 cm³/mol. The van der Waals surface area contributed by atoms with Crippen LogP contribution >= 0.6 is 0 Å². The maximum atomic E-state index is 9.14. The predicted octanol–water partition coefficient (Wildman–Crippen LogP) is 3.62. The van der Waals surface area contributed by atoms with Crippen molar-refractivity contribution in [3.8, 4) is 18.4 Å². The third kappa shape index (κ3) is 3.96. The number of hydrazone groups is 1. The molecule has 0 saturated carbocycles. The summed E-state index contributed by atoms with van der Waals surface area (Å²) in [6, 6.07) is 11.5. The van der Waals surface area contributed by atoms with Crippen LogP contribution in [-0.4, -0.2) is 33.2 Å². The van der Waals surface area contributed by atoms with E-state index >= 15 is 0 Å². The van der Waals surface area contributed by atoms with Crippen molar-refractivity contribution in [2.45, 2.75) is 25.3 Å². The molecule has 2 heterocycles. The first-order chi connectivity index (χ1) is 13.1. The van der Waals surface area contributed by atoms with Gasteiger partial charge in [-0.05, 0) is 23.8 Å². The molecule has 3 aromatic rings. The van der Waals surface area contributed by atoms with Gasteiger partial charge in [0.2, 0.25) is 0 Å². The molecule has 0 saturated heterocycles. The SMILES string of the molecule is C#CCC(c1cccc(C#N)c1)N(C)/N=C\C(C)c1ncnc2[nH]ccc12. The van der Waals surface area contributed by atoms with E-state index < -0.39 is 0 Å². The molecule has 0 aliphatic rings. The van der Waals surface area contributed by atoms with Crippen LogP contribution < -0.4 is 0 Å². The topological polar surface area (TPSA) is 81.0 Å². The molecule has 1 N–H and O–H groups in total. The molecule has 6 heteroatoms. The Labute approximate surface area is 158 Å². The molecule has 0 amide bonds. The molecule has 0 spiro atoms. The number of H-pyrrole nitrogens is 1. The van der Waals surface area contributed by atoms with Crippen molar-refractivity contribution in [2.24, 2.45) is 5.10 Å². The number of rotatable bonds is 6. The summed E-state index contributed by atoms with van der Waals surface area (Å²) in [6.45, 7) is 2.04. The number of aromatic nitrogens is 3. The van der Waals surface area contributed by atoms with Gasteiger partial charge in [-0.2, -0.15) is 10.4 Å². The van der Waals surface area contributed by atoms with Crippen molar-refractivity contribution in [1.82, 2.24) is 20.0 Å². The highest BCUT2D eigenvalue weighted by Gasteiger charge is 2.16. The van der Waals surface area contributed by atoms with Crippen LogP contribution in [0.3, 0.4) is 0 Å². The molecule has 0 radical (unpaired) electrons. The van der Waals surface area contributed by atoms with E-state index in [2.05, 4.69) is 32.0 Å². The molecule has 27 heavy (non-hydrogen) atoms. The van der Waals surface area contributed by atoms with Gasteiger partial charge in [-0.1, -0.05) is 19.1 Å². The van der Waals surface area contributed by atoms with E-state index in [1.807, 2.05) is 55.7 Å². The molecule has 0 bridgehead atoms. The number of hydrogen-bond donors (Lipinski definition) is 1. The number of fused-ring (bicyclic) bond motifs is 1. The lowest BCUT2D eigenvalue weighted by molar-refractivity contribution is 0.261. The van der Waals surface area contributed by atoms with Crippen LogP contribution in [0.25, 0.3) is 11.0 Å². The maximum absolute atomic E-state index is 9.14. The number of terminal acetylenes is 1. The minimum absolute atomic E-state index is 0.00526. The lowest BCUT2D eigenvalue weighted by Gasteiger charge is -2.25. The van der Waals surface area contributed by atoms with E-state index in [1.54, 1.807) is 12.4 Å². The second-order valence-corrected chi connectivity index (χ2v) is 6.29. The fourth-order valence-electron chi connectivity index (χ4n) is 3.00. The lowest BCUT2D eigenvalue weighted by Crippen LogP contribution is -2.20. The van der Waals surface area contributed by atoms with E-state index in [9.17, 15) is 0 Å². The molecule has 1 aromatic carbocycles. The van der Waals surface area contributed by atoms with Gasteiger partial charge in [0.05, 0.1) is 23.4 Å². The van der Waals surface area contributed by atoms with Gasteiger partial charge in [0.15, 0.2) is 0 Å². The number of nitrogens with zero attached hydrogens (tertiary/aromatic N) is 5. The van der Waals surface area contributed by atoms with Gasteiger partial charge in [-0.3, -0.25) is 5.01 Å². The van der Waals surface area contributed by atoms with Crippen LogP contribution in [0, 0.1) is 23.7 Å². The van der Waals surface area contributed by atoms with Gasteiger partial charge in [0, 0.05) is 37.2 Å². The highest BCUT2D eigenvalue weighted by Crippen LogP contribution is 2.25. The molecule has 2 aromatic heterocycles. The Kier molecular flexibility index (Phi) is 5.49. The molecule has 134 valence electrons. The van der Waals surface area contributed by atoms with E-state index in [0.29, 0.717) is 12.0 Å². The third-order valence-corrected chi connectivity index (χ3v) is 4.45. The lowest BCUT2D eigenvalue weighted by atomic mass is 10.0. The smallest absolute Gasteiger partial charge is 0.140 e. The second-order valence-electron chi connectivity index (χ2n) is 6.29. The number of nitriles is 1. The highest BCUT2D eigenvalue weighted by atomic mass is 15.4. The van der Waals surface area contributed by atoms with E-state index in [0.717, 1.165) is 22.3 Å². The van der Waals surface area contributed by atoms with Crippen molar-refractivity contribution in [3.05, 3.63) is 59.7 Å². The maximum Gasteiger partial charge on any atom is 0.140 e. The number of nitrogens with one attached hydrogen (secondary N) is 1. The summed E-state index contributed by atoms with van der Waals surface area (Å²) >= 11 is 0. The molecule has 2 unspecified atom stereocenters. The summed E-state index contributed by atoms with van der Waals surface area (Å²) in [7, 11) is 1.89. The molecule has 2 atom stereocenters. The van der Waals surface area contributed by atoms with Crippen LogP contribution in [0.1, 0.15) is 42.1 Å². The van der Waals surface area contributed by atoms with Gasteiger partial charge in [-0.15, -0.1) is 12.3 Å². The van der Waals surface area contributed by atoms with Crippen LogP contribution in [0.15, 0.2) is 48.0 Å². The summed E-state index contributed by atoms with van der Waals surface area (Å²) in [5, 5.41) is 16.6. The summed E-state index contributed by atoms with van der Waals surface area (Å²) in [6.07, 6.45) is 11.3. The van der Waals surface area contributed by atoms with Gasteiger partial charge >= 0.3 is 0 Å². The van der Waals surface area contributed by atoms with E-state index in [1.165, 1.54) is 0 Å². The molecule has 0 aliphatic heterocycles. The highest BCUT2D eigenvalue weighted by molar-refractivity contribution is 5.82. The second kappa shape index (κ2) is 8.16. The Morgan fingerprint density at radius 1 is 1.37 bits per heavy atom. The van der Waals surface area contributed by atoms with Gasteiger partial charge < -0.3 is 4.98 Å². The summed E-state index contributed by atoms with van der Waals surface area (Å²) in [5.41, 5.74) is 3.30. The van der Waals surface area contributed by atoms with Crippen molar-refractivity contribution in [1.29, 1.82) is 5.26 Å². The molecule has 6 nitrogen and oxygen atoms in total. The van der Waals surface area contributed by atoms with E-state index in [-0.39, 0.29) is 12.0 Å². The fourth-order valence-corrected chi connectivity index (χ4v) is 3.00. The first kappa shape index (κ1) is 18.2. The monoisotopic (exact) mass is 356 g/mol. The zero-order valence-corrected chi connectivity index (χ0v) is 15.3. The van der Waals surface area contributed by atoms with Gasteiger partial charge in [-0.25, -0.2) is 9.97 Å².